The summed E-state index contributed by atoms with van der Waals surface area (Å²) < 4.78 is 0. The van der Waals surface area contributed by atoms with Crippen molar-refractivity contribution in [2.75, 3.05) is 0 Å². The highest BCUT2D eigenvalue weighted by Crippen LogP contribution is 2.27. The molecule has 2 heteroatoms. The van der Waals surface area contributed by atoms with Gasteiger partial charge in [0.2, 0.25) is 0 Å². The highest BCUT2D eigenvalue weighted by molar-refractivity contribution is 5.41. The van der Waals surface area contributed by atoms with Crippen LogP contribution in [0.3, 0.4) is 0 Å². The zero-order chi connectivity index (χ0) is 11.5. The first-order chi connectivity index (χ1) is 7.74. The van der Waals surface area contributed by atoms with Crippen LogP contribution >= 0.6 is 0 Å². The lowest BCUT2D eigenvalue weighted by molar-refractivity contribution is 0.957. The fourth-order valence-electron chi connectivity index (χ4n) is 1.97. The maximum absolute atomic E-state index is 4.07. The number of hydrogen-bond acceptors (Lipinski definition) is 1. The fraction of sp³-hybridized carbons (Fsp3) is 0.214. The van der Waals surface area contributed by atoms with E-state index in [0.717, 1.165) is 5.69 Å². The molecule has 0 saturated heterocycles. The maximum Gasteiger partial charge on any atom is 0.0922 e. The van der Waals surface area contributed by atoms with Gasteiger partial charge in [-0.1, -0.05) is 24.3 Å². The van der Waals surface area contributed by atoms with E-state index in [0.29, 0.717) is 0 Å². The van der Waals surface area contributed by atoms with Gasteiger partial charge in [-0.3, -0.25) is 0 Å². The number of aromatic amines is 1. The average molecular weight is 212 g/mol. The van der Waals surface area contributed by atoms with E-state index in [4.69, 9.17) is 0 Å². The van der Waals surface area contributed by atoms with Gasteiger partial charge in [-0.15, -0.1) is 6.58 Å². The first-order valence-corrected chi connectivity index (χ1v) is 5.41. The first kappa shape index (κ1) is 10.7. The average Bonchev–Trinajstić information content (AvgIpc) is 2.79. The number of imidazole rings is 1. The van der Waals surface area contributed by atoms with Crippen LogP contribution in [0.15, 0.2) is 43.4 Å². The molecular weight excluding hydrogens is 196 g/mol. The molecule has 0 saturated carbocycles. The molecular formula is C14H16N2. The van der Waals surface area contributed by atoms with Crippen LogP contribution in [0.25, 0.3) is 0 Å². The van der Waals surface area contributed by atoms with Crippen LogP contribution in [0.5, 0.6) is 0 Å². The maximum atomic E-state index is 4.07. The third-order valence-electron chi connectivity index (χ3n) is 3.07. The van der Waals surface area contributed by atoms with Crippen LogP contribution < -0.4 is 0 Å². The Morgan fingerprint density at radius 2 is 2.19 bits per heavy atom. The third kappa shape index (κ3) is 1.78. The van der Waals surface area contributed by atoms with Crippen molar-refractivity contribution in [3.63, 3.8) is 0 Å². The molecule has 16 heavy (non-hydrogen) atoms. The van der Waals surface area contributed by atoms with E-state index in [2.05, 4.69) is 48.6 Å². The highest BCUT2D eigenvalue weighted by atomic mass is 14.9. The van der Waals surface area contributed by atoms with E-state index >= 15 is 0 Å². The van der Waals surface area contributed by atoms with Crippen molar-refractivity contribution >= 4 is 0 Å². The summed E-state index contributed by atoms with van der Waals surface area (Å²) in [4.78, 5) is 7.22. The second-order valence-corrected chi connectivity index (χ2v) is 4.01. The molecule has 2 rings (SSSR count). The topological polar surface area (TPSA) is 28.7 Å². The monoisotopic (exact) mass is 212 g/mol. The molecule has 1 atom stereocenters. The second-order valence-electron chi connectivity index (χ2n) is 4.01. The van der Waals surface area contributed by atoms with Gasteiger partial charge in [-0.05, 0) is 30.5 Å². The number of hydrogen-bond donors (Lipinski definition) is 1. The van der Waals surface area contributed by atoms with Crippen LogP contribution in [0.1, 0.15) is 28.3 Å². The predicted octanol–water partition coefficient (Wildman–Crippen LogP) is 3.34. The molecule has 0 aliphatic rings. The number of benzene rings is 1. The van der Waals surface area contributed by atoms with Crippen LogP contribution in [0, 0.1) is 13.8 Å². The Hall–Kier alpha value is -1.83. The lowest BCUT2D eigenvalue weighted by Gasteiger charge is -2.15. The van der Waals surface area contributed by atoms with Gasteiger partial charge in [0.1, 0.15) is 0 Å². The van der Waals surface area contributed by atoms with E-state index in [1.807, 2.05) is 12.3 Å². The lowest BCUT2D eigenvalue weighted by atomic mass is 9.90. The number of allylic oxidation sites excluding steroid dienone is 1. The molecule has 82 valence electrons. The minimum Gasteiger partial charge on any atom is -0.348 e. The molecule has 0 fully saturated rings. The summed E-state index contributed by atoms with van der Waals surface area (Å²) in [6.07, 6.45) is 5.51. The van der Waals surface area contributed by atoms with Crippen molar-refractivity contribution in [1.29, 1.82) is 0 Å². The summed E-state index contributed by atoms with van der Waals surface area (Å²) >= 11 is 0. The molecule has 0 amide bonds. The van der Waals surface area contributed by atoms with Gasteiger partial charge in [0, 0.05) is 17.8 Å². The number of nitrogens with zero attached hydrogens (tertiary/aromatic N) is 1. The molecule has 1 heterocycles. The van der Waals surface area contributed by atoms with Gasteiger partial charge in [0.15, 0.2) is 0 Å². The molecule has 0 spiro atoms. The summed E-state index contributed by atoms with van der Waals surface area (Å²) in [6, 6.07) is 6.37. The molecule has 0 radical (unpaired) electrons. The Morgan fingerprint density at radius 3 is 2.81 bits per heavy atom. The molecule has 2 aromatic rings. The van der Waals surface area contributed by atoms with Crippen LogP contribution in [0.4, 0.5) is 0 Å². The molecule has 2 nitrogen and oxygen atoms in total. The van der Waals surface area contributed by atoms with Crippen LogP contribution in [-0.2, 0) is 0 Å². The minimum absolute atomic E-state index is 0.197. The van der Waals surface area contributed by atoms with Gasteiger partial charge in [-0.2, -0.15) is 0 Å². The molecule has 1 N–H and O–H groups in total. The van der Waals surface area contributed by atoms with Crippen molar-refractivity contribution in [1.82, 2.24) is 9.97 Å². The van der Waals surface area contributed by atoms with Crippen LogP contribution in [0.2, 0.25) is 0 Å². The number of H-pyrrole nitrogens is 1. The highest BCUT2D eigenvalue weighted by Gasteiger charge is 2.14. The number of aryl methyl sites for hydroxylation is 1. The third-order valence-corrected chi connectivity index (χ3v) is 3.07. The molecule has 1 aromatic heterocycles. The van der Waals surface area contributed by atoms with Gasteiger partial charge < -0.3 is 4.98 Å². The van der Waals surface area contributed by atoms with Gasteiger partial charge in [0.05, 0.1) is 6.33 Å². The van der Waals surface area contributed by atoms with E-state index in [1.54, 1.807) is 6.33 Å². The predicted molar refractivity (Wildman–Crippen MR) is 66.5 cm³/mol. The van der Waals surface area contributed by atoms with E-state index in [9.17, 15) is 0 Å². The quantitative estimate of drug-likeness (QED) is 0.777. The number of aromatic nitrogens is 2. The zero-order valence-electron chi connectivity index (χ0n) is 9.70. The summed E-state index contributed by atoms with van der Waals surface area (Å²) in [5, 5.41) is 0. The molecule has 0 aliphatic heterocycles. The first-order valence-electron chi connectivity index (χ1n) is 5.41. The summed E-state index contributed by atoms with van der Waals surface area (Å²) in [5.41, 5.74) is 5.01. The Labute approximate surface area is 96.1 Å². The second kappa shape index (κ2) is 4.35. The molecule has 0 aliphatic carbocycles. The number of rotatable bonds is 3. The Bertz CT molecular complexity index is 483. The van der Waals surface area contributed by atoms with E-state index in [1.165, 1.54) is 16.7 Å². The van der Waals surface area contributed by atoms with E-state index < -0.39 is 0 Å². The Balaban J connectivity index is 2.49. The number of nitrogens with one attached hydrogen (secondary N) is 1. The molecule has 1 aromatic carbocycles. The van der Waals surface area contributed by atoms with Crippen molar-refractivity contribution in [3.8, 4) is 0 Å². The lowest BCUT2D eigenvalue weighted by Crippen LogP contribution is -2.01. The molecule has 0 bridgehead atoms. The standard InChI is InChI=1S/C14H16N2/c1-4-12(14-8-15-9-16-14)13-7-5-6-10(2)11(13)3/h4-9,12H,1H2,2-3H3,(H,15,16). The van der Waals surface area contributed by atoms with Crippen molar-refractivity contribution in [2.45, 2.75) is 19.8 Å². The normalized spacial score (nSPS) is 12.4. The van der Waals surface area contributed by atoms with Gasteiger partial charge >= 0.3 is 0 Å². The van der Waals surface area contributed by atoms with Gasteiger partial charge in [0.25, 0.3) is 0 Å². The zero-order valence-corrected chi connectivity index (χ0v) is 9.70. The Morgan fingerprint density at radius 1 is 1.38 bits per heavy atom. The van der Waals surface area contributed by atoms with Crippen LogP contribution in [-0.4, -0.2) is 9.97 Å². The summed E-state index contributed by atoms with van der Waals surface area (Å²) in [6.45, 7) is 8.20. The summed E-state index contributed by atoms with van der Waals surface area (Å²) in [7, 11) is 0. The van der Waals surface area contributed by atoms with E-state index in [-0.39, 0.29) is 5.92 Å². The largest absolute Gasteiger partial charge is 0.348 e. The van der Waals surface area contributed by atoms with Crippen molar-refractivity contribution < 1.29 is 0 Å². The minimum atomic E-state index is 0.197. The SMILES string of the molecule is C=CC(c1cnc[nH]1)c1cccc(C)c1C. The van der Waals surface area contributed by atoms with Crippen molar-refractivity contribution in [2.24, 2.45) is 0 Å². The van der Waals surface area contributed by atoms with Gasteiger partial charge in [-0.25, -0.2) is 4.98 Å². The fourth-order valence-corrected chi connectivity index (χ4v) is 1.97. The van der Waals surface area contributed by atoms with Crippen molar-refractivity contribution in [3.05, 3.63) is 65.8 Å². The smallest absolute Gasteiger partial charge is 0.0922 e. The molecule has 1 unspecified atom stereocenters. The summed E-state index contributed by atoms with van der Waals surface area (Å²) in [5.74, 6) is 0.197. The Kier molecular flexibility index (Phi) is 2.91.